The molecule has 2 N–H and O–H groups in total. The normalized spacial score (nSPS) is 9.67. The molecule has 0 spiro atoms. The number of nitrogens with two attached hydrogens (primary N) is 1. The molecule has 0 saturated carbocycles. The van der Waals surface area contributed by atoms with E-state index in [0.29, 0.717) is 4.47 Å². The number of hydrogen-bond acceptors (Lipinski definition) is 4. The molecule has 0 atom stereocenters. The molecule has 0 aromatic heterocycles. The Morgan fingerprint density at radius 2 is 2.33 bits per heavy atom. The lowest BCUT2D eigenvalue weighted by molar-refractivity contribution is -0.384. The van der Waals surface area contributed by atoms with Crippen molar-refractivity contribution in [2.75, 3.05) is 12.3 Å². The molecule has 0 heterocycles. The predicted molar refractivity (Wildman–Crippen MR) is 60.9 cm³/mol. The monoisotopic (exact) mass is 272 g/mol. The maximum atomic E-state index is 10.6. The summed E-state index contributed by atoms with van der Waals surface area (Å²) in [6, 6.07) is 2.84. The Morgan fingerprint density at radius 1 is 1.67 bits per heavy atom. The van der Waals surface area contributed by atoms with Crippen molar-refractivity contribution in [2.45, 2.75) is 0 Å². The number of hydrogen-bond donors (Lipinski definition) is 1. The van der Waals surface area contributed by atoms with Crippen molar-refractivity contribution in [1.82, 2.24) is 0 Å². The highest BCUT2D eigenvalue weighted by molar-refractivity contribution is 9.10. The van der Waals surface area contributed by atoms with E-state index in [9.17, 15) is 10.1 Å². The molecule has 0 saturated heterocycles. The lowest BCUT2D eigenvalue weighted by Gasteiger charge is -2.08. The number of ether oxygens (including phenoxy) is 1. The van der Waals surface area contributed by atoms with Crippen molar-refractivity contribution in [3.8, 4) is 5.75 Å². The van der Waals surface area contributed by atoms with Gasteiger partial charge < -0.3 is 10.5 Å². The molecule has 0 aliphatic carbocycles. The summed E-state index contributed by atoms with van der Waals surface area (Å²) in [5.74, 6) is 0.268. The Morgan fingerprint density at radius 3 is 2.87 bits per heavy atom. The Balaban J connectivity index is 3.17. The van der Waals surface area contributed by atoms with Gasteiger partial charge in [-0.05, 0) is 22.0 Å². The van der Waals surface area contributed by atoms with Crippen LogP contribution in [0.1, 0.15) is 0 Å². The van der Waals surface area contributed by atoms with E-state index in [1.807, 2.05) is 0 Å². The zero-order chi connectivity index (χ0) is 11.4. The van der Waals surface area contributed by atoms with Crippen LogP contribution in [0.4, 0.5) is 11.4 Å². The molecule has 0 radical (unpaired) electrons. The minimum absolute atomic E-state index is 0.0104. The number of anilines is 1. The fourth-order valence-electron chi connectivity index (χ4n) is 1.01. The van der Waals surface area contributed by atoms with Gasteiger partial charge in [-0.3, -0.25) is 10.1 Å². The van der Waals surface area contributed by atoms with Crippen molar-refractivity contribution < 1.29 is 9.66 Å². The number of nitro benzene ring substituents is 1. The molecule has 0 aliphatic heterocycles. The average Bonchev–Trinajstić information content (AvgIpc) is 2.17. The topological polar surface area (TPSA) is 78.4 Å². The number of nitro groups is 1. The zero-order valence-electron chi connectivity index (χ0n) is 7.77. The molecule has 1 aromatic carbocycles. The van der Waals surface area contributed by atoms with Gasteiger partial charge in [-0.15, -0.1) is 0 Å². The molecule has 1 rings (SSSR count). The van der Waals surface area contributed by atoms with Gasteiger partial charge in [-0.1, -0.05) is 12.7 Å². The Labute approximate surface area is 94.8 Å². The highest BCUT2D eigenvalue weighted by Crippen LogP contribution is 2.37. The second kappa shape index (κ2) is 4.79. The summed E-state index contributed by atoms with van der Waals surface area (Å²) in [6.45, 7) is 3.72. The van der Waals surface area contributed by atoms with Crippen molar-refractivity contribution in [1.29, 1.82) is 0 Å². The summed E-state index contributed by atoms with van der Waals surface area (Å²) < 4.78 is 5.79. The predicted octanol–water partition coefficient (Wildman–Crippen LogP) is 2.50. The highest BCUT2D eigenvalue weighted by Gasteiger charge is 2.18. The average molecular weight is 273 g/mol. The lowest BCUT2D eigenvalue weighted by Crippen LogP contribution is -2.02. The fourth-order valence-corrected chi connectivity index (χ4v) is 1.47. The molecule has 6 heteroatoms. The maximum Gasteiger partial charge on any atom is 0.296 e. The summed E-state index contributed by atoms with van der Waals surface area (Å²) in [5.41, 5.74) is 5.44. The maximum absolute atomic E-state index is 10.6. The molecule has 1 aromatic rings. The van der Waals surface area contributed by atoms with Crippen LogP contribution in [0.5, 0.6) is 5.75 Å². The Kier molecular flexibility index (Phi) is 3.68. The SMILES string of the molecule is C=CCOc1c(Br)ccc([N+](=O)[O-])c1N. The first-order chi connectivity index (χ1) is 7.07. The fraction of sp³-hybridized carbons (Fsp3) is 0.111. The van der Waals surface area contributed by atoms with Crippen molar-refractivity contribution in [3.05, 3.63) is 39.4 Å². The van der Waals surface area contributed by atoms with E-state index >= 15 is 0 Å². The summed E-state index contributed by atoms with van der Waals surface area (Å²) >= 11 is 3.20. The molecule has 80 valence electrons. The zero-order valence-corrected chi connectivity index (χ0v) is 9.36. The summed E-state index contributed by atoms with van der Waals surface area (Å²) in [5, 5.41) is 10.6. The van der Waals surface area contributed by atoms with Gasteiger partial charge in [-0.2, -0.15) is 0 Å². The third-order valence-electron chi connectivity index (χ3n) is 1.67. The minimum Gasteiger partial charge on any atom is -0.486 e. The number of benzene rings is 1. The number of halogens is 1. The number of rotatable bonds is 4. The summed E-state index contributed by atoms with van der Waals surface area (Å²) in [7, 11) is 0. The molecule has 5 nitrogen and oxygen atoms in total. The van der Waals surface area contributed by atoms with Crippen LogP contribution in [-0.4, -0.2) is 11.5 Å². The van der Waals surface area contributed by atoms with Crippen LogP contribution in [-0.2, 0) is 0 Å². The Hall–Kier alpha value is -1.56. The van der Waals surface area contributed by atoms with Crippen molar-refractivity contribution >= 4 is 27.3 Å². The van der Waals surface area contributed by atoms with Crippen LogP contribution in [0, 0.1) is 10.1 Å². The number of nitrogen functional groups attached to an aromatic ring is 1. The standard InChI is InChI=1S/C9H9BrN2O3/c1-2-5-15-9-6(10)3-4-7(8(9)11)12(13)14/h2-4H,1,5,11H2. The van der Waals surface area contributed by atoms with Gasteiger partial charge in [0.25, 0.3) is 5.69 Å². The lowest BCUT2D eigenvalue weighted by atomic mass is 10.2. The van der Waals surface area contributed by atoms with Crippen LogP contribution in [0.15, 0.2) is 29.3 Å². The van der Waals surface area contributed by atoms with E-state index < -0.39 is 4.92 Å². The number of nitrogens with zero attached hydrogens (tertiary/aromatic N) is 1. The van der Waals surface area contributed by atoms with Crippen molar-refractivity contribution in [2.24, 2.45) is 0 Å². The van der Waals surface area contributed by atoms with E-state index in [1.165, 1.54) is 18.2 Å². The van der Waals surface area contributed by atoms with E-state index in [-0.39, 0.29) is 23.7 Å². The second-order valence-corrected chi connectivity index (χ2v) is 3.52. The smallest absolute Gasteiger partial charge is 0.296 e. The first kappa shape index (κ1) is 11.5. The molecule has 0 amide bonds. The highest BCUT2D eigenvalue weighted by atomic mass is 79.9. The third-order valence-corrected chi connectivity index (χ3v) is 2.29. The molecular weight excluding hydrogens is 264 g/mol. The van der Waals surface area contributed by atoms with E-state index in [0.717, 1.165) is 0 Å². The van der Waals surface area contributed by atoms with Gasteiger partial charge in [-0.25, -0.2) is 0 Å². The summed E-state index contributed by atoms with van der Waals surface area (Å²) in [6.07, 6.45) is 1.53. The van der Waals surface area contributed by atoms with Gasteiger partial charge in [0, 0.05) is 6.07 Å². The molecule has 0 fully saturated rings. The van der Waals surface area contributed by atoms with Gasteiger partial charge >= 0.3 is 0 Å². The molecule has 15 heavy (non-hydrogen) atoms. The first-order valence-electron chi connectivity index (χ1n) is 4.04. The van der Waals surface area contributed by atoms with Crippen LogP contribution in [0.25, 0.3) is 0 Å². The Bertz CT molecular complexity index is 407. The molecule has 0 unspecified atom stereocenters. The second-order valence-electron chi connectivity index (χ2n) is 2.67. The largest absolute Gasteiger partial charge is 0.486 e. The molecular formula is C9H9BrN2O3. The first-order valence-corrected chi connectivity index (χ1v) is 4.83. The van der Waals surface area contributed by atoms with Crippen LogP contribution in [0.3, 0.4) is 0 Å². The van der Waals surface area contributed by atoms with Gasteiger partial charge in [0.2, 0.25) is 0 Å². The van der Waals surface area contributed by atoms with Gasteiger partial charge in [0.1, 0.15) is 6.61 Å². The molecule has 0 aliphatic rings. The van der Waals surface area contributed by atoms with Gasteiger partial charge in [0.05, 0.1) is 9.40 Å². The molecule has 0 bridgehead atoms. The van der Waals surface area contributed by atoms with Crippen LogP contribution < -0.4 is 10.5 Å². The van der Waals surface area contributed by atoms with E-state index in [2.05, 4.69) is 22.5 Å². The third kappa shape index (κ3) is 2.47. The summed E-state index contributed by atoms with van der Waals surface area (Å²) in [4.78, 5) is 10.0. The van der Waals surface area contributed by atoms with Gasteiger partial charge in [0.15, 0.2) is 11.4 Å². The van der Waals surface area contributed by atoms with Crippen LogP contribution in [0.2, 0.25) is 0 Å². The van der Waals surface area contributed by atoms with E-state index in [4.69, 9.17) is 10.5 Å². The van der Waals surface area contributed by atoms with Crippen molar-refractivity contribution in [3.63, 3.8) is 0 Å². The quantitative estimate of drug-likeness (QED) is 0.395. The van der Waals surface area contributed by atoms with Crippen LogP contribution >= 0.6 is 15.9 Å². The van der Waals surface area contributed by atoms with E-state index in [1.54, 1.807) is 0 Å². The minimum atomic E-state index is -0.553.